The number of nitrogens with one attached hydrogen (secondary N) is 1. The third kappa shape index (κ3) is 11.3. The quantitative estimate of drug-likeness (QED) is 0.428. The van der Waals surface area contributed by atoms with E-state index in [2.05, 4.69) is 19.2 Å². The number of hydrogen-bond donors (Lipinski definition) is 4. The van der Waals surface area contributed by atoms with Gasteiger partial charge in [0.15, 0.2) is 0 Å². The standard InChI is InChI=1S/C14H27NO3.C9H19NO.CH4.2H2S/c1-10(2)11(14(17)8-6-7-9-14)15-12(16)18-13(3,4)5;1-7(2)8(10)9(11)5-3-4-6-9;;;/h10-11,17H,6-9H2,1-5H3,(H,15,16);7-8,11H,3-6,10H2,1-2H3;1H4;2*1H2/t11-;8-;;;/m00.../s1. The predicted octanol–water partition coefficient (Wildman–Crippen LogP) is 4.98. The molecule has 0 aromatic carbocycles. The molecule has 0 bridgehead atoms. The van der Waals surface area contributed by atoms with Gasteiger partial charge in [-0.2, -0.15) is 27.0 Å². The third-order valence-electron chi connectivity index (χ3n) is 6.20. The molecule has 5 N–H and O–H groups in total. The molecule has 0 aromatic rings. The summed E-state index contributed by atoms with van der Waals surface area (Å²) in [6.45, 7) is 13.7. The van der Waals surface area contributed by atoms with Crippen LogP contribution in [0.2, 0.25) is 0 Å². The maximum absolute atomic E-state index is 11.8. The van der Waals surface area contributed by atoms with Gasteiger partial charge in [-0.05, 0) is 58.3 Å². The zero-order chi connectivity index (χ0) is 22.5. The molecule has 2 rings (SSSR count). The highest BCUT2D eigenvalue weighted by molar-refractivity contribution is 7.59. The Bertz CT molecular complexity index is 513. The highest BCUT2D eigenvalue weighted by atomic mass is 32.1. The lowest BCUT2D eigenvalue weighted by molar-refractivity contribution is -0.0158. The Labute approximate surface area is 211 Å². The summed E-state index contributed by atoms with van der Waals surface area (Å²) in [5.41, 5.74) is 4.08. The highest BCUT2D eigenvalue weighted by Gasteiger charge is 2.42. The Kier molecular flexibility index (Phi) is 17.0. The lowest BCUT2D eigenvalue weighted by Gasteiger charge is -2.36. The minimum absolute atomic E-state index is 0. The lowest BCUT2D eigenvalue weighted by Crippen LogP contribution is -2.55. The van der Waals surface area contributed by atoms with Crippen LogP contribution in [-0.2, 0) is 4.74 Å². The van der Waals surface area contributed by atoms with Crippen LogP contribution in [0.3, 0.4) is 0 Å². The topological polar surface area (TPSA) is 105 Å². The number of rotatable bonds is 5. The van der Waals surface area contributed by atoms with Gasteiger partial charge in [0, 0.05) is 6.04 Å². The van der Waals surface area contributed by atoms with E-state index in [9.17, 15) is 15.0 Å². The van der Waals surface area contributed by atoms with Gasteiger partial charge < -0.3 is 26.0 Å². The first-order valence-corrected chi connectivity index (χ1v) is 11.4. The molecule has 8 heteroatoms. The van der Waals surface area contributed by atoms with E-state index in [-0.39, 0.29) is 52.4 Å². The summed E-state index contributed by atoms with van der Waals surface area (Å²) in [5.74, 6) is 0.568. The van der Waals surface area contributed by atoms with Gasteiger partial charge in [-0.3, -0.25) is 0 Å². The summed E-state index contributed by atoms with van der Waals surface area (Å²) in [4.78, 5) is 11.8. The highest BCUT2D eigenvalue weighted by Crippen LogP contribution is 2.35. The van der Waals surface area contributed by atoms with Gasteiger partial charge in [-0.15, -0.1) is 0 Å². The molecule has 2 atom stereocenters. The van der Waals surface area contributed by atoms with Crippen LogP contribution in [-0.4, -0.2) is 45.2 Å². The van der Waals surface area contributed by atoms with Gasteiger partial charge in [0.2, 0.25) is 0 Å². The summed E-state index contributed by atoms with van der Waals surface area (Å²) in [7, 11) is 0. The van der Waals surface area contributed by atoms with Gasteiger partial charge in [0.1, 0.15) is 5.60 Å². The number of ether oxygens (including phenoxy) is 1. The molecule has 1 amide bonds. The molecule has 0 aromatic heterocycles. The molecule has 0 radical (unpaired) electrons. The Morgan fingerprint density at radius 1 is 0.875 bits per heavy atom. The molecule has 2 saturated carbocycles. The van der Waals surface area contributed by atoms with E-state index in [1.165, 1.54) is 0 Å². The summed E-state index contributed by atoms with van der Waals surface area (Å²) >= 11 is 0. The van der Waals surface area contributed by atoms with Gasteiger partial charge in [0.05, 0.1) is 17.2 Å². The molecular formula is C24H54N2O4S2. The van der Waals surface area contributed by atoms with Gasteiger partial charge in [-0.25, -0.2) is 4.79 Å². The fraction of sp³-hybridized carbons (Fsp3) is 0.958. The SMILES string of the molecule is C.CC(C)[C@H](N)C1(O)CCCC1.CC(C)[C@H](NC(=O)OC(C)(C)C)C1(O)CCCC1.S.S. The Balaban J connectivity index is -0.000000525. The van der Waals surface area contributed by atoms with Crippen molar-refractivity contribution in [2.75, 3.05) is 0 Å². The molecule has 0 spiro atoms. The normalized spacial score (nSPS) is 20.6. The number of hydrogen-bond acceptors (Lipinski definition) is 5. The molecule has 2 aliphatic carbocycles. The third-order valence-corrected chi connectivity index (χ3v) is 6.20. The zero-order valence-electron chi connectivity index (χ0n) is 20.8. The zero-order valence-corrected chi connectivity index (χ0v) is 22.8. The molecule has 196 valence electrons. The molecule has 6 nitrogen and oxygen atoms in total. The fourth-order valence-corrected chi connectivity index (χ4v) is 4.60. The van der Waals surface area contributed by atoms with Crippen molar-refractivity contribution in [3.05, 3.63) is 0 Å². The Hall–Kier alpha value is -0.150. The average molecular weight is 499 g/mol. The van der Waals surface area contributed by atoms with Crippen molar-refractivity contribution in [2.24, 2.45) is 17.6 Å². The molecule has 0 saturated heterocycles. The van der Waals surface area contributed by atoms with E-state index in [1.54, 1.807) is 0 Å². The van der Waals surface area contributed by atoms with E-state index in [0.29, 0.717) is 5.92 Å². The molecule has 0 aliphatic heterocycles. The fourth-order valence-electron chi connectivity index (χ4n) is 4.60. The van der Waals surface area contributed by atoms with Crippen molar-refractivity contribution in [3.63, 3.8) is 0 Å². The molecular weight excluding hydrogens is 444 g/mol. The first-order chi connectivity index (χ1) is 13.2. The number of alkyl carbamates (subject to hydrolysis) is 1. The summed E-state index contributed by atoms with van der Waals surface area (Å²) < 4.78 is 5.26. The van der Waals surface area contributed by atoms with Crippen molar-refractivity contribution >= 4 is 33.1 Å². The second-order valence-electron chi connectivity index (χ2n) is 10.8. The van der Waals surface area contributed by atoms with Crippen LogP contribution in [0.15, 0.2) is 0 Å². The minimum atomic E-state index is -0.773. The second kappa shape index (κ2) is 15.0. The minimum Gasteiger partial charge on any atom is -0.444 e. The maximum atomic E-state index is 11.8. The number of carbonyl (C=O) groups excluding carboxylic acids is 1. The van der Waals surface area contributed by atoms with E-state index >= 15 is 0 Å². The second-order valence-corrected chi connectivity index (χ2v) is 10.8. The van der Waals surface area contributed by atoms with E-state index < -0.39 is 22.9 Å². The summed E-state index contributed by atoms with van der Waals surface area (Å²) in [6, 6.07) is -0.278. The van der Waals surface area contributed by atoms with Crippen LogP contribution >= 0.6 is 27.0 Å². The monoisotopic (exact) mass is 498 g/mol. The van der Waals surface area contributed by atoms with Crippen LogP contribution in [0, 0.1) is 11.8 Å². The number of carbonyl (C=O) groups is 1. The first-order valence-electron chi connectivity index (χ1n) is 11.4. The number of aliphatic hydroxyl groups is 2. The van der Waals surface area contributed by atoms with E-state index in [0.717, 1.165) is 51.4 Å². The van der Waals surface area contributed by atoms with Crippen molar-refractivity contribution in [1.82, 2.24) is 5.32 Å². The van der Waals surface area contributed by atoms with Crippen LogP contribution in [0.5, 0.6) is 0 Å². The van der Waals surface area contributed by atoms with Gasteiger partial charge >= 0.3 is 6.09 Å². The summed E-state index contributed by atoms with van der Waals surface area (Å²) in [5, 5.41) is 23.4. The van der Waals surface area contributed by atoms with Crippen molar-refractivity contribution in [2.45, 2.75) is 136 Å². The molecule has 32 heavy (non-hydrogen) atoms. The van der Waals surface area contributed by atoms with Crippen molar-refractivity contribution in [1.29, 1.82) is 0 Å². The summed E-state index contributed by atoms with van der Waals surface area (Å²) in [6.07, 6.45) is 7.18. The smallest absolute Gasteiger partial charge is 0.407 e. The Morgan fingerprint density at radius 2 is 1.25 bits per heavy atom. The molecule has 2 fully saturated rings. The van der Waals surface area contributed by atoms with Crippen LogP contribution in [0.1, 0.15) is 107 Å². The van der Waals surface area contributed by atoms with Gasteiger partial charge in [0.25, 0.3) is 0 Å². The maximum Gasteiger partial charge on any atom is 0.407 e. The van der Waals surface area contributed by atoms with Crippen LogP contribution < -0.4 is 11.1 Å². The van der Waals surface area contributed by atoms with Gasteiger partial charge in [-0.1, -0.05) is 60.8 Å². The largest absolute Gasteiger partial charge is 0.444 e. The van der Waals surface area contributed by atoms with Crippen LogP contribution in [0.4, 0.5) is 4.79 Å². The van der Waals surface area contributed by atoms with Crippen molar-refractivity contribution < 1.29 is 19.7 Å². The first kappa shape index (κ1) is 36.4. The molecule has 2 aliphatic rings. The van der Waals surface area contributed by atoms with E-state index in [1.807, 2.05) is 34.6 Å². The predicted molar refractivity (Wildman–Crippen MR) is 145 cm³/mol. The van der Waals surface area contributed by atoms with Crippen LogP contribution in [0.25, 0.3) is 0 Å². The average Bonchev–Trinajstić information content (AvgIpc) is 3.20. The van der Waals surface area contributed by atoms with E-state index in [4.69, 9.17) is 10.5 Å². The molecule has 0 unspecified atom stereocenters. The number of nitrogens with two attached hydrogens (primary N) is 1. The number of amides is 1. The Morgan fingerprint density at radius 3 is 1.56 bits per heavy atom. The lowest BCUT2D eigenvalue weighted by atomic mass is 9.85. The molecule has 0 heterocycles. The van der Waals surface area contributed by atoms with Crippen molar-refractivity contribution in [3.8, 4) is 0 Å².